The molecule has 2 unspecified atom stereocenters. The Balaban J connectivity index is 1.22. The van der Waals surface area contributed by atoms with Crippen LogP contribution in [-0.2, 0) is 16.6 Å². The number of fused-ring (bicyclic) bond motifs is 3. The zero-order chi connectivity index (χ0) is 24.5. The van der Waals surface area contributed by atoms with Crippen LogP contribution in [0.2, 0.25) is 0 Å². The molecule has 2 atom stereocenters. The highest BCUT2D eigenvalue weighted by atomic mass is 16.5. The van der Waals surface area contributed by atoms with E-state index in [2.05, 4.69) is 27.9 Å². The molecule has 0 aliphatic heterocycles. The van der Waals surface area contributed by atoms with Crippen molar-refractivity contribution in [1.82, 2.24) is 15.1 Å². The topological polar surface area (TPSA) is 123 Å². The number of ether oxygens (including phenoxy) is 1. The van der Waals surface area contributed by atoms with Crippen molar-refractivity contribution in [3.05, 3.63) is 71.4 Å². The van der Waals surface area contributed by atoms with Gasteiger partial charge in [-0.2, -0.15) is 5.10 Å². The van der Waals surface area contributed by atoms with E-state index in [9.17, 15) is 19.5 Å². The van der Waals surface area contributed by atoms with Crippen molar-refractivity contribution in [3.63, 3.8) is 0 Å². The third-order valence-corrected chi connectivity index (χ3v) is 6.84. The number of aliphatic carboxylic acids is 1. The predicted molar refractivity (Wildman–Crippen MR) is 128 cm³/mol. The lowest BCUT2D eigenvalue weighted by Crippen LogP contribution is -2.40. The first kappa shape index (κ1) is 22.6. The summed E-state index contributed by atoms with van der Waals surface area (Å²) in [6, 6.07) is 17.2. The first-order chi connectivity index (χ1) is 16.9. The predicted octanol–water partition coefficient (Wildman–Crippen LogP) is 3.76. The van der Waals surface area contributed by atoms with Crippen LogP contribution in [-0.4, -0.2) is 45.5 Å². The average molecular weight is 475 g/mol. The van der Waals surface area contributed by atoms with Crippen molar-refractivity contribution in [2.75, 3.05) is 11.9 Å². The lowest BCUT2D eigenvalue weighted by atomic mass is 9.98. The second-order valence-corrected chi connectivity index (χ2v) is 8.94. The van der Waals surface area contributed by atoms with E-state index >= 15 is 0 Å². The minimum absolute atomic E-state index is 0.0605. The lowest BCUT2D eigenvalue weighted by Gasteiger charge is -2.16. The molecule has 5 rings (SSSR count). The van der Waals surface area contributed by atoms with Crippen molar-refractivity contribution >= 4 is 23.8 Å². The van der Waals surface area contributed by atoms with Crippen LogP contribution in [0, 0.1) is 5.92 Å². The van der Waals surface area contributed by atoms with Crippen LogP contribution in [0.15, 0.2) is 54.6 Å². The van der Waals surface area contributed by atoms with E-state index in [1.54, 1.807) is 7.05 Å². The number of benzene rings is 2. The van der Waals surface area contributed by atoms with Crippen LogP contribution in [0.4, 0.5) is 10.6 Å². The van der Waals surface area contributed by atoms with E-state index in [4.69, 9.17) is 4.74 Å². The van der Waals surface area contributed by atoms with Gasteiger partial charge in [0.05, 0.1) is 5.92 Å². The molecule has 9 heteroatoms. The van der Waals surface area contributed by atoms with Gasteiger partial charge in [0.25, 0.3) is 5.91 Å². The number of carbonyl (C=O) groups excluding carboxylic acids is 2. The van der Waals surface area contributed by atoms with Crippen LogP contribution in [0.5, 0.6) is 0 Å². The Labute approximate surface area is 202 Å². The quantitative estimate of drug-likeness (QED) is 0.500. The third kappa shape index (κ3) is 4.37. The van der Waals surface area contributed by atoms with Gasteiger partial charge in [0.15, 0.2) is 5.69 Å². The number of carboxylic acids is 1. The van der Waals surface area contributed by atoms with Crippen LogP contribution in [0.1, 0.15) is 46.8 Å². The number of amides is 2. The maximum Gasteiger partial charge on any atom is 0.412 e. The summed E-state index contributed by atoms with van der Waals surface area (Å²) >= 11 is 0. The average Bonchev–Trinajstić information content (AvgIpc) is 3.54. The molecule has 1 fully saturated rings. The summed E-state index contributed by atoms with van der Waals surface area (Å²) in [4.78, 5) is 36.6. The summed E-state index contributed by atoms with van der Waals surface area (Å²) in [5.74, 6) is -1.74. The maximum atomic E-state index is 12.6. The smallest absolute Gasteiger partial charge is 0.412 e. The Morgan fingerprint density at radius 2 is 1.71 bits per heavy atom. The van der Waals surface area contributed by atoms with Gasteiger partial charge in [-0.3, -0.25) is 19.6 Å². The van der Waals surface area contributed by atoms with E-state index in [1.165, 1.54) is 10.7 Å². The number of hydrogen-bond donors (Lipinski definition) is 3. The van der Waals surface area contributed by atoms with Crippen LogP contribution in [0.25, 0.3) is 11.1 Å². The fourth-order valence-electron chi connectivity index (χ4n) is 5.10. The number of nitrogens with one attached hydrogen (secondary N) is 2. The van der Waals surface area contributed by atoms with Gasteiger partial charge in [-0.1, -0.05) is 55.0 Å². The van der Waals surface area contributed by atoms with Crippen molar-refractivity contribution in [1.29, 1.82) is 0 Å². The van der Waals surface area contributed by atoms with E-state index in [-0.39, 0.29) is 18.2 Å². The largest absolute Gasteiger partial charge is 0.481 e. The normalized spacial score (nSPS) is 18.5. The molecule has 0 bridgehead atoms. The minimum Gasteiger partial charge on any atom is -0.481 e. The van der Waals surface area contributed by atoms with Crippen molar-refractivity contribution in [3.8, 4) is 11.1 Å². The number of aryl methyl sites for hydroxylation is 1. The summed E-state index contributed by atoms with van der Waals surface area (Å²) < 4.78 is 6.93. The van der Waals surface area contributed by atoms with Gasteiger partial charge in [0.2, 0.25) is 0 Å². The molecule has 2 amide bonds. The molecular weight excluding hydrogens is 448 g/mol. The molecule has 2 aromatic carbocycles. The number of carbonyl (C=O) groups is 3. The molecule has 3 N–H and O–H groups in total. The Morgan fingerprint density at radius 3 is 2.37 bits per heavy atom. The standard InChI is InChI=1S/C26H26N4O5/c1-30-23(13-22(29-30)24(31)27-21-12-6-11-19(21)25(32)33)28-26(34)35-14-20-17-9-4-2-7-15(17)16-8-3-5-10-18(16)20/h2-5,7-10,13,19-21H,6,11-12,14H2,1H3,(H,27,31)(H,28,34)(H,32,33). The summed E-state index contributed by atoms with van der Waals surface area (Å²) in [6.45, 7) is 0.170. The second-order valence-electron chi connectivity index (χ2n) is 8.94. The molecule has 1 aromatic heterocycles. The summed E-state index contributed by atoms with van der Waals surface area (Å²) in [5, 5.41) is 18.9. The van der Waals surface area contributed by atoms with E-state index in [0.29, 0.717) is 18.7 Å². The molecule has 180 valence electrons. The molecule has 9 nitrogen and oxygen atoms in total. The zero-order valence-electron chi connectivity index (χ0n) is 19.2. The third-order valence-electron chi connectivity index (χ3n) is 6.84. The Morgan fingerprint density at radius 1 is 1.06 bits per heavy atom. The van der Waals surface area contributed by atoms with Crippen molar-refractivity contribution < 1.29 is 24.2 Å². The van der Waals surface area contributed by atoms with Crippen LogP contribution in [0.3, 0.4) is 0 Å². The number of hydrogen-bond acceptors (Lipinski definition) is 5. The highest BCUT2D eigenvalue weighted by Crippen LogP contribution is 2.44. The summed E-state index contributed by atoms with van der Waals surface area (Å²) in [6.07, 6.45) is 1.25. The number of rotatable bonds is 6. The monoisotopic (exact) mass is 474 g/mol. The Hall–Kier alpha value is -4.14. The van der Waals surface area contributed by atoms with Gasteiger partial charge in [-0.25, -0.2) is 4.79 Å². The van der Waals surface area contributed by atoms with Crippen LogP contribution < -0.4 is 10.6 Å². The van der Waals surface area contributed by atoms with E-state index in [0.717, 1.165) is 28.7 Å². The Kier molecular flexibility index (Phi) is 5.98. The lowest BCUT2D eigenvalue weighted by molar-refractivity contribution is -0.142. The highest BCUT2D eigenvalue weighted by molar-refractivity contribution is 5.95. The first-order valence-electron chi connectivity index (χ1n) is 11.6. The molecule has 2 aliphatic carbocycles. The molecule has 0 saturated heterocycles. The Bertz CT molecular complexity index is 1250. The van der Waals surface area contributed by atoms with E-state index < -0.39 is 29.9 Å². The van der Waals surface area contributed by atoms with Crippen molar-refractivity contribution in [2.45, 2.75) is 31.2 Å². The fraction of sp³-hybridized carbons (Fsp3) is 0.308. The summed E-state index contributed by atoms with van der Waals surface area (Å²) in [7, 11) is 1.60. The molecule has 0 spiro atoms. The maximum absolute atomic E-state index is 12.6. The zero-order valence-corrected chi connectivity index (χ0v) is 19.2. The first-order valence-corrected chi connectivity index (χ1v) is 11.6. The van der Waals surface area contributed by atoms with E-state index in [1.807, 2.05) is 36.4 Å². The molecule has 1 saturated carbocycles. The second kappa shape index (κ2) is 9.25. The number of nitrogens with zero attached hydrogens (tertiary/aromatic N) is 2. The van der Waals surface area contributed by atoms with Gasteiger partial charge in [-0.15, -0.1) is 0 Å². The number of aromatic nitrogens is 2. The summed E-state index contributed by atoms with van der Waals surface area (Å²) in [5.41, 5.74) is 4.62. The molecule has 35 heavy (non-hydrogen) atoms. The van der Waals surface area contributed by atoms with Crippen LogP contribution >= 0.6 is 0 Å². The van der Waals surface area contributed by atoms with Gasteiger partial charge < -0.3 is 15.2 Å². The van der Waals surface area contributed by atoms with Gasteiger partial charge in [0, 0.05) is 25.1 Å². The van der Waals surface area contributed by atoms with Crippen molar-refractivity contribution in [2.24, 2.45) is 13.0 Å². The fourth-order valence-corrected chi connectivity index (χ4v) is 5.10. The van der Waals surface area contributed by atoms with Gasteiger partial charge in [0.1, 0.15) is 12.4 Å². The van der Waals surface area contributed by atoms with Gasteiger partial charge >= 0.3 is 12.1 Å². The minimum atomic E-state index is -0.911. The molecule has 1 heterocycles. The number of anilines is 1. The molecule has 0 radical (unpaired) electrons. The SMILES string of the molecule is Cn1nc(C(=O)NC2CCCC2C(=O)O)cc1NC(=O)OCC1c2ccccc2-c2ccccc21. The molecule has 3 aromatic rings. The molecule has 2 aliphatic rings. The van der Waals surface area contributed by atoms with Gasteiger partial charge in [-0.05, 0) is 35.1 Å². The molecular formula is C26H26N4O5. The number of carboxylic acid groups (broad SMARTS) is 1. The highest BCUT2D eigenvalue weighted by Gasteiger charge is 2.34.